The van der Waals surface area contributed by atoms with Crippen molar-refractivity contribution in [3.8, 4) is 11.1 Å². The van der Waals surface area contributed by atoms with Crippen LogP contribution in [0.4, 0.5) is 4.39 Å². The van der Waals surface area contributed by atoms with Crippen LogP contribution in [-0.2, 0) is 6.67 Å². The van der Waals surface area contributed by atoms with Crippen LogP contribution in [0.3, 0.4) is 0 Å². The molecule has 0 radical (unpaired) electrons. The SMILES string of the molecule is Cc1cc(CF)c(S)c(-c2cc(C)c(C)c(C)c2C)c1. The first-order valence-electron chi connectivity index (χ1n) is 6.83. The van der Waals surface area contributed by atoms with Crippen molar-refractivity contribution in [3.63, 3.8) is 0 Å². The van der Waals surface area contributed by atoms with Crippen LogP contribution in [0.15, 0.2) is 23.1 Å². The molecule has 0 heterocycles. The Bertz CT molecular complexity index is 672. The Balaban J connectivity index is 2.78. The Hall–Kier alpha value is -1.28. The van der Waals surface area contributed by atoms with Crippen molar-refractivity contribution in [1.82, 2.24) is 0 Å². The zero-order chi connectivity index (χ0) is 15.0. The number of rotatable bonds is 2. The molecule has 2 rings (SSSR count). The number of benzene rings is 2. The van der Waals surface area contributed by atoms with E-state index >= 15 is 0 Å². The summed E-state index contributed by atoms with van der Waals surface area (Å²) in [7, 11) is 0. The minimum atomic E-state index is -0.476. The lowest BCUT2D eigenvalue weighted by atomic mass is 9.89. The zero-order valence-electron chi connectivity index (χ0n) is 12.8. The molecule has 2 aromatic rings. The molecule has 2 heteroatoms. The van der Waals surface area contributed by atoms with Crippen molar-refractivity contribution < 1.29 is 4.39 Å². The van der Waals surface area contributed by atoms with Crippen LogP contribution < -0.4 is 0 Å². The summed E-state index contributed by atoms with van der Waals surface area (Å²) in [5.74, 6) is 0. The molecule has 0 aliphatic heterocycles. The highest BCUT2D eigenvalue weighted by atomic mass is 32.1. The van der Waals surface area contributed by atoms with Crippen LogP contribution in [0.1, 0.15) is 33.4 Å². The fourth-order valence-corrected chi connectivity index (χ4v) is 2.96. The third-order valence-electron chi connectivity index (χ3n) is 4.25. The largest absolute Gasteiger partial charge is 0.246 e. The van der Waals surface area contributed by atoms with Gasteiger partial charge in [-0.2, -0.15) is 0 Å². The van der Waals surface area contributed by atoms with Gasteiger partial charge < -0.3 is 0 Å². The maximum absolute atomic E-state index is 13.1. The van der Waals surface area contributed by atoms with Crippen molar-refractivity contribution in [3.05, 3.63) is 51.6 Å². The Kier molecular flexibility index (Phi) is 4.24. The molecule has 0 N–H and O–H groups in total. The zero-order valence-corrected chi connectivity index (χ0v) is 13.7. The molecule has 0 saturated heterocycles. The summed E-state index contributed by atoms with van der Waals surface area (Å²) < 4.78 is 13.1. The van der Waals surface area contributed by atoms with Crippen LogP contribution in [0, 0.1) is 34.6 Å². The first-order valence-corrected chi connectivity index (χ1v) is 7.27. The minimum absolute atomic E-state index is 0.476. The van der Waals surface area contributed by atoms with E-state index in [4.69, 9.17) is 0 Å². The second-order valence-electron chi connectivity index (χ2n) is 5.57. The average molecular weight is 288 g/mol. The summed E-state index contributed by atoms with van der Waals surface area (Å²) in [6.07, 6.45) is 0. The molecular formula is C18H21FS. The normalized spacial score (nSPS) is 10.9. The molecule has 0 aliphatic rings. The highest BCUT2D eigenvalue weighted by molar-refractivity contribution is 7.80. The van der Waals surface area contributed by atoms with Gasteiger partial charge in [-0.05, 0) is 73.6 Å². The van der Waals surface area contributed by atoms with Gasteiger partial charge in [0.2, 0.25) is 0 Å². The molecule has 0 amide bonds. The van der Waals surface area contributed by atoms with Gasteiger partial charge in [0, 0.05) is 4.90 Å². The number of halogens is 1. The third-order valence-corrected chi connectivity index (χ3v) is 4.78. The summed E-state index contributed by atoms with van der Waals surface area (Å²) in [5, 5.41) is 0. The quantitative estimate of drug-likeness (QED) is 0.678. The Morgan fingerprint density at radius 1 is 0.850 bits per heavy atom. The molecular weight excluding hydrogens is 267 g/mol. The second-order valence-corrected chi connectivity index (χ2v) is 6.02. The molecule has 0 aliphatic carbocycles. The predicted molar refractivity (Wildman–Crippen MR) is 87.6 cm³/mol. The predicted octanol–water partition coefficient (Wildman–Crippen LogP) is 5.65. The van der Waals surface area contributed by atoms with E-state index in [1.165, 1.54) is 22.3 Å². The van der Waals surface area contributed by atoms with Crippen LogP contribution in [0.25, 0.3) is 11.1 Å². The number of hydrogen-bond donors (Lipinski definition) is 1. The van der Waals surface area contributed by atoms with Crippen LogP contribution in [-0.4, -0.2) is 0 Å². The highest BCUT2D eigenvalue weighted by Gasteiger charge is 2.14. The molecule has 0 bridgehead atoms. The van der Waals surface area contributed by atoms with Crippen molar-refractivity contribution in [2.45, 2.75) is 46.2 Å². The monoisotopic (exact) mass is 288 g/mol. The van der Waals surface area contributed by atoms with E-state index < -0.39 is 6.67 Å². The first kappa shape index (κ1) is 15.1. The lowest BCUT2D eigenvalue weighted by Crippen LogP contribution is -1.97. The van der Waals surface area contributed by atoms with Crippen LogP contribution in [0.5, 0.6) is 0 Å². The van der Waals surface area contributed by atoms with Gasteiger partial charge >= 0.3 is 0 Å². The van der Waals surface area contributed by atoms with Crippen LogP contribution in [0.2, 0.25) is 0 Å². The van der Waals surface area contributed by atoms with Gasteiger partial charge in [0.1, 0.15) is 6.67 Å². The average Bonchev–Trinajstić information content (AvgIpc) is 2.42. The van der Waals surface area contributed by atoms with E-state index in [-0.39, 0.29) is 0 Å². The summed E-state index contributed by atoms with van der Waals surface area (Å²) in [4.78, 5) is 0.754. The summed E-state index contributed by atoms with van der Waals surface area (Å²) in [6.45, 7) is 10.1. The molecule has 0 atom stereocenters. The van der Waals surface area contributed by atoms with E-state index in [1.54, 1.807) is 0 Å². The molecule has 0 saturated carbocycles. The lowest BCUT2D eigenvalue weighted by molar-refractivity contribution is 0.480. The molecule has 20 heavy (non-hydrogen) atoms. The number of thiol groups is 1. The van der Waals surface area contributed by atoms with Gasteiger partial charge in [-0.1, -0.05) is 23.8 Å². The minimum Gasteiger partial charge on any atom is -0.246 e. The first-order chi connectivity index (χ1) is 9.36. The van der Waals surface area contributed by atoms with E-state index in [0.29, 0.717) is 5.56 Å². The van der Waals surface area contributed by atoms with E-state index in [0.717, 1.165) is 21.6 Å². The number of aryl methyl sites for hydroxylation is 2. The number of alkyl halides is 1. The van der Waals surface area contributed by atoms with Crippen molar-refractivity contribution >= 4 is 12.6 Å². The fourth-order valence-electron chi connectivity index (χ4n) is 2.65. The van der Waals surface area contributed by atoms with E-state index in [9.17, 15) is 4.39 Å². The molecule has 2 aromatic carbocycles. The van der Waals surface area contributed by atoms with Gasteiger partial charge in [-0.3, -0.25) is 0 Å². The summed E-state index contributed by atoms with van der Waals surface area (Å²) in [6, 6.07) is 6.15. The molecule has 0 aromatic heterocycles. The van der Waals surface area contributed by atoms with Gasteiger partial charge in [0.15, 0.2) is 0 Å². The fraction of sp³-hybridized carbons (Fsp3) is 0.333. The smallest absolute Gasteiger partial charge is 0.116 e. The Morgan fingerprint density at radius 2 is 1.50 bits per heavy atom. The van der Waals surface area contributed by atoms with E-state index in [1.807, 2.05) is 13.0 Å². The standard InChI is InChI=1S/C18H21FS/c1-10-6-15(9-19)18(20)17(7-10)16-8-11(2)12(3)13(4)14(16)5/h6-8,20H,9H2,1-5H3. The maximum Gasteiger partial charge on any atom is 0.116 e. The lowest BCUT2D eigenvalue weighted by Gasteiger charge is -2.17. The summed E-state index contributed by atoms with van der Waals surface area (Å²) >= 11 is 4.55. The third kappa shape index (κ3) is 2.49. The Morgan fingerprint density at radius 3 is 2.10 bits per heavy atom. The molecule has 0 spiro atoms. The topological polar surface area (TPSA) is 0 Å². The Labute approximate surface area is 126 Å². The van der Waals surface area contributed by atoms with Crippen LogP contribution >= 0.6 is 12.6 Å². The van der Waals surface area contributed by atoms with Crippen molar-refractivity contribution in [1.29, 1.82) is 0 Å². The second kappa shape index (κ2) is 5.61. The molecule has 0 unspecified atom stereocenters. The maximum atomic E-state index is 13.1. The number of hydrogen-bond acceptors (Lipinski definition) is 1. The van der Waals surface area contributed by atoms with Gasteiger partial charge in [-0.15, -0.1) is 12.6 Å². The molecule has 0 nitrogen and oxygen atoms in total. The summed E-state index contributed by atoms with van der Waals surface area (Å²) in [5.41, 5.74) is 9.07. The molecule has 106 valence electrons. The highest BCUT2D eigenvalue weighted by Crippen LogP contribution is 2.36. The van der Waals surface area contributed by atoms with Gasteiger partial charge in [0.05, 0.1) is 0 Å². The van der Waals surface area contributed by atoms with E-state index in [2.05, 4.69) is 52.5 Å². The van der Waals surface area contributed by atoms with Gasteiger partial charge in [-0.25, -0.2) is 4.39 Å². The van der Waals surface area contributed by atoms with Gasteiger partial charge in [0.25, 0.3) is 0 Å². The van der Waals surface area contributed by atoms with Crippen molar-refractivity contribution in [2.24, 2.45) is 0 Å². The van der Waals surface area contributed by atoms with Crippen molar-refractivity contribution in [2.75, 3.05) is 0 Å². The molecule has 0 fully saturated rings.